The van der Waals surface area contributed by atoms with Crippen molar-refractivity contribution in [2.24, 2.45) is 11.1 Å². The van der Waals surface area contributed by atoms with Crippen LogP contribution in [0.15, 0.2) is 23.5 Å². The van der Waals surface area contributed by atoms with Gasteiger partial charge >= 0.3 is 0 Å². The van der Waals surface area contributed by atoms with E-state index in [9.17, 15) is 4.79 Å². The van der Waals surface area contributed by atoms with Gasteiger partial charge < -0.3 is 15.2 Å². The van der Waals surface area contributed by atoms with Gasteiger partial charge in [0.2, 0.25) is 11.1 Å². The van der Waals surface area contributed by atoms with Gasteiger partial charge in [0.25, 0.3) is 0 Å². The van der Waals surface area contributed by atoms with Gasteiger partial charge in [-0.15, -0.1) is 0 Å². The van der Waals surface area contributed by atoms with Gasteiger partial charge in [-0.3, -0.25) is 4.79 Å². The van der Waals surface area contributed by atoms with Gasteiger partial charge in [0.1, 0.15) is 5.69 Å². The lowest BCUT2D eigenvalue weighted by atomic mass is 9.60. The molecule has 0 bridgehead atoms. The zero-order valence-corrected chi connectivity index (χ0v) is 14.8. The van der Waals surface area contributed by atoms with E-state index < -0.39 is 11.2 Å². The Balaban J connectivity index is 1.77. The summed E-state index contributed by atoms with van der Waals surface area (Å²) in [6.45, 7) is 1.17. The number of hydrogen-bond acceptors (Lipinski definition) is 6. The molecule has 2 fully saturated rings. The third kappa shape index (κ3) is 2.58. The lowest BCUT2D eigenvalue weighted by Gasteiger charge is -2.52. The topological polar surface area (TPSA) is 87.3 Å². The smallest absolute Gasteiger partial charge is 0.222 e. The molecule has 1 aromatic heterocycles. The number of nitrogens with two attached hydrogens (primary N) is 1. The van der Waals surface area contributed by atoms with Crippen LogP contribution in [0.2, 0.25) is 5.28 Å². The van der Waals surface area contributed by atoms with Gasteiger partial charge in [0, 0.05) is 23.9 Å². The molecule has 2 heterocycles. The minimum Gasteiger partial charge on any atom is -0.401 e. The third-order valence-corrected chi connectivity index (χ3v) is 6.03. The first-order chi connectivity index (χ1) is 12.1. The number of carbonyl (C=O) groups excluding carboxylic acids is 1. The Labute approximate surface area is 151 Å². The van der Waals surface area contributed by atoms with Crippen LogP contribution in [0.3, 0.4) is 0 Å². The molecule has 0 radical (unpaired) electrons. The molecule has 1 saturated heterocycles. The standard InChI is InChI=1S/C18H22ClN3O3/c19-16-21-9-5-13(22-16)14(23)12-4-3-7-17(15(12)20)6-1-2-8-18(17)24-10-11-25-18/h5,9H,1-4,6-8,10-11,20H2/t17-/m0/s1. The largest absolute Gasteiger partial charge is 0.401 e. The van der Waals surface area contributed by atoms with Crippen LogP contribution >= 0.6 is 11.6 Å². The van der Waals surface area contributed by atoms with Crippen molar-refractivity contribution in [2.75, 3.05) is 13.2 Å². The number of fused-ring (bicyclic) bond motifs is 1. The highest BCUT2D eigenvalue weighted by atomic mass is 35.5. The predicted octanol–water partition coefficient (Wildman–Crippen LogP) is 3.01. The van der Waals surface area contributed by atoms with Crippen molar-refractivity contribution >= 4 is 17.4 Å². The van der Waals surface area contributed by atoms with Crippen molar-refractivity contribution < 1.29 is 14.3 Å². The molecule has 25 heavy (non-hydrogen) atoms. The van der Waals surface area contributed by atoms with Crippen LogP contribution in [-0.2, 0) is 9.47 Å². The molecule has 3 aliphatic rings. The van der Waals surface area contributed by atoms with Crippen molar-refractivity contribution in [3.05, 3.63) is 34.5 Å². The highest BCUT2D eigenvalue weighted by molar-refractivity contribution is 6.28. The number of ether oxygens (including phenoxy) is 2. The summed E-state index contributed by atoms with van der Waals surface area (Å²) in [4.78, 5) is 20.9. The fraction of sp³-hybridized carbons (Fsp3) is 0.611. The van der Waals surface area contributed by atoms with Gasteiger partial charge in [-0.1, -0.05) is 6.42 Å². The van der Waals surface area contributed by atoms with Crippen molar-refractivity contribution in [1.29, 1.82) is 0 Å². The van der Waals surface area contributed by atoms with Crippen LogP contribution in [0.25, 0.3) is 0 Å². The number of ketones is 1. The fourth-order valence-electron chi connectivity index (χ4n) is 4.72. The van der Waals surface area contributed by atoms with Gasteiger partial charge in [-0.2, -0.15) is 0 Å². The van der Waals surface area contributed by atoms with Crippen molar-refractivity contribution in [3.8, 4) is 0 Å². The second-order valence-electron chi connectivity index (χ2n) is 7.02. The molecule has 1 atom stereocenters. The van der Waals surface area contributed by atoms with Gasteiger partial charge in [-0.25, -0.2) is 9.97 Å². The molecule has 6 nitrogen and oxygen atoms in total. The highest BCUT2D eigenvalue weighted by Crippen LogP contribution is 2.57. The molecule has 2 N–H and O–H groups in total. The van der Waals surface area contributed by atoms with E-state index in [1.165, 1.54) is 6.20 Å². The summed E-state index contributed by atoms with van der Waals surface area (Å²) < 4.78 is 12.2. The van der Waals surface area contributed by atoms with E-state index in [4.69, 9.17) is 26.8 Å². The van der Waals surface area contributed by atoms with Gasteiger partial charge in [0.05, 0.1) is 18.6 Å². The van der Waals surface area contributed by atoms with E-state index >= 15 is 0 Å². The predicted molar refractivity (Wildman–Crippen MR) is 92.0 cm³/mol. The van der Waals surface area contributed by atoms with Crippen LogP contribution in [0.1, 0.15) is 55.4 Å². The molecule has 1 aliphatic heterocycles. The van der Waals surface area contributed by atoms with E-state index in [0.29, 0.717) is 30.9 Å². The molecule has 7 heteroatoms. The maximum atomic E-state index is 13.0. The molecule has 0 aromatic carbocycles. The van der Waals surface area contributed by atoms with E-state index in [-0.39, 0.29) is 16.8 Å². The highest BCUT2D eigenvalue weighted by Gasteiger charge is 2.59. The third-order valence-electron chi connectivity index (χ3n) is 5.85. The summed E-state index contributed by atoms with van der Waals surface area (Å²) in [6.07, 6.45) is 7.74. The van der Waals surface area contributed by atoms with Crippen LogP contribution in [0.4, 0.5) is 0 Å². The number of Topliss-reactive ketones (excluding diaryl/α,β-unsaturated/α-hetero) is 1. The summed E-state index contributed by atoms with van der Waals surface area (Å²) in [6, 6.07) is 1.58. The average Bonchev–Trinajstić information content (AvgIpc) is 3.09. The summed E-state index contributed by atoms with van der Waals surface area (Å²) in [5.41, 5.74) is 7.76. The lowest BCUT2D eigenvalue weighted by Crippen LogP contribution is -2.55. The Hall–Kier alpha value is -1.50. The van der Waals surface area contributed by atoms with Crippen LogP contribution in [0.5, 0.6) is 0 Å². The summed E-state index contributed by atoms with van der Waals surface area (Å²) in [5, 5.41) is 0.0622. The molecule has 134 valence electrons. The van der Waals surface area contributed by atoms with Crippen LogP contribution in [0, 0.1) is 5.41 Å². The molecular weight excluding hydrogens is 342 g/mol. The van der Waals surface area contributed by atoms with Crippen molar-refractivity contribution in [1.82, 2.24) is 9.97 Å². The molecule has 1 saturated carbocycles. The zero-order valence-electron chi connectivity index (χ0n) is 14.1. The number of aromatic nitrogens is 2. The Morgan fingerprint density at radius 1 is 1.16 bits per heavy atom. The maximum Gasteiger partial charge on any atom is 0.222 e. The molecule has 4 rings (SSSR count). The van der Waals surface area contributed by atoms with E-state index in [2.05, 4.69) is 9.97 Å². The number of rotatable bonds is 2. The number of hydrogen-bond donors (Lipinski definition) is 1. The Morgan fingerprint density at radius 3 is 2.64 bits per heavy atom. The molecule has 2 spiro atoms. The average molecular weight is 364 g/mol. The first-order valence-electron chi connectivity index (χ1n) is 8.88. The number of allylic oxidation sites excluding steroid dienone is 1. The molecule has 1 aromatic rings. The Kier molecular flexibility index (Phi) is 4.30. The molecule has 0 amide bonds. The SMILES string of the molecule is NC1=C(C(=O)c2ccnc(Cl)n2)CCC[C@@]12CCCCC21OCCO1. The van der Waals surface area contributed by atoms with Gasteiger partial charge in [-0.05, 0) is 49.8 Å². The van der Waals surface area contributed by atoms with Crippen LogP contribution < -0.4 is 5.73 Å². The molecular formula is C18H22ClN3O3. The quantitative estimate of drug-likeness (QED) is 0.642. The first-order valence-corrected chi connectivity index (χ1v) is 9.26. The fourth-order valence-corrected chi connectivity index (χ4v) is 4.87. The number of carbonyl (C=O) groups is 1. The minimum absolute atomic E-state index is 0.0622. The van der Waals surface area contributed by atoms with Gasteiger partial charge in [0.15, 0.2) is 5.79 Å². The minimum atomic E-state index is -0.676. The second-order valence-corrected chi connectivity index (χ2v) is 7.36. The zero-order chi connectivity index (χ0) is 17.5. The maximum absolute atomic E-state index is 13.0. The monoisotopic (exact) mass is 363 g/mol. The summed E-state index contributed by atoms with van der Waals surface area (Å²) in [7, 11) is 0. The summed E-state index contributed by atoms with van der Waals surface area (Å²) in [5.74, 6) is -0.843. The molecule has 2 aliphatic carbocycles. The van der Waals surface area contributed by atoms with E-state index in [1.54, 1.807) is 6.07 Å². The normalized spacial score (nSPS) is 28.7. The first kappa shape index (κ1) is 16.9. The second kappa shape index (κ2) is 6.34. The van der Waals surface area contributed by atoms with E-state index in [1.807, 2.05) is 0 Å². The van der Waals surface area contributed by atoms with Crippen LogP contribution in [-0.4, -0.2) is 34.8 Å². The Morgan fingerprint density at radius 2 is 1.88 bits per heavy atom. The summed E-state index contributed by atoms with van der Waals surface area (Å²) >= 11 is 5.84. The molecule has 0 unspecified atom stereocenters. The van der Waals surface area contributed by atoms with Crippen molar-refractivity contribution in [3.63, 3.8) is 0 Å². The number of halogens is 1. The lowest BCUT2D eigenvalue weighted by molar-refractivity contribution is -0.248. The number of nitrogens with zero attached hydrogens (tertiary/aromatic N) is 2. The van der Waals surface area contributed by atoms with E-state index in [0.717, 1.165) is 38.5 Å². The Bertz CT molecular complexity index is 730. The van der Waals surface area contributed by atoms with Crippen molar-refractivity contribution in [2.45, 2.75) is 50.7 Å².